The fourth-order valence-electron chi connectivity index (χ4n) is 3.82. The summed E-state index contributed by atoms with van der Waals surface area (Å²) in [6.07, 6.45) is 5.04. The maximum Gasteiger partial charge on any atom is 0.254 e. The quantitative estimate of drug-likeness (QED) is 0.842. The number of likely N-dealkylation sites (tertiary alicyclic amines) is 1. The summed E-state index contributed by atoms with van der Waals surface area (Å²) in [6, 6.07) is 6.91. The Morgan fingerprint density at radius 1 is 0.958 bits per heavy atom. The molecule has 0 aromatic heterocycles. The minimum absolute atomic E-state index is 0.000166. The van der Waals surface area contributed by atoms with E-state index in [-0.39, 0.29) is 22.9 Å². The molecule has 2 saturated heterocycles. The summed E-state index contributed by atoms with van der Waals surface area (Å²) >= 11 is 0. The Morgan fingerprint density at radius 2 is 1.50 bits per heavy atom. The second kappa shape index (κ2) is 6.84. The molecule has 24 heavy (non-hydrogen) atoms. The molecule has 0 unspecified atom stereocenters. The Balaban J connectivity index is 1.80. The molecule has 2 aliphatic heterocycles. The molecule has 6 heteroatoms. The van der Waals surface area contributed by atoms with Crippen LogP contribution in [0.5, 0.6) is 0 Å². The first kappa shape index (κ1) is 17.4. The number of sulfonamides is 1. The van der Waals surface area contributed by atoms with Crippen molar-refractivity contribution in [3.63, 3.8) is 0 Å². The summed E-state index contributed by atoms with van der Waals surface area (Å²) in [4.78, 5) is 15.0. The first-order valence-electron chi connectivity index (χ1n) is 8.84. The minimum Gasteiger partial charge on any atom is -0.333 e. The fourth-order valence-corrected chi connectivity index (χ4v) is 5.33. The van der Waals surface area contributed by atoms with Crippen LogP contribution in [0.25, 0.3) is 0 Å². The number of rotatable bonds is 3. The van der Waals surface area contributed by atoms with Crippen molar-refractivity contribution >= 4 is 15.9 Å². The summed E-state index contributed by atoms with van der Waals surface area (Å²) in [7, 11) is -3.42. The Labute approximate surface area is 144 Å². The van der Waals surface area contributed by atoms with Gasteiger partial charge in [0.15, 0.2) is 0 Å². The van der Waals surface area contributed by atoms with Crippen LogP contribution in [0.4, 0.5) is 0 Å². The van der Waals surface area contributed by atoms with Crippen LogP contribution in [0, 0.1) is 0 Å². The monoisotopic (exact) mass is 350 g/mol. The number of nitrogens with zero attached hydrogens (tertiary/aromatic N) is 2. The standard InChI is InChI=1S/C18H26N2O3S/c1-14-6-5-7-15(2)20(14)18(21)16-8-10-17(11-9-16)24(22,23)19-12-3-4-13-19/h8-11,14-15H,3-7,12-13H2,1-2H3/t14-,15-/m1/s1. The molecule has 0 spiro atoms. The van der Waals surface area contributed by atoms with Crippen LogP contribution in [0.1, 0.15) is 56.3 Å². The van der Waals surface area contributed by atoms with Gasteiger partial charge in [-0.3, -0.25) is 4.79 Å². The summed E-state index contributed by atoms with van der Waals surface area (Å²) < 4.78 is 26.6. The fraction of sp³-hybridized carbons (Fsp3) is 0.611. The summed E-state index contributed by atoms with van der Waals surface area (Å²) in [5.41, 5.74) is 0.566. The van der Waals surface area contributed by atoms with Crippen molar-refractivity contribution < 1.29 is 13.2 Å². The Hall–Kier alpha value is -1.40. The zero-order valence-electron chi connectivity index (χ0n) is 14.4. The van der Waals surface area contributed by atoms with Crippen molar-refractivity contribution in [3.05, 3.63) is 29.8 Å². The van der Waals surface area contributed by atoms with Gasteiger partial charge in [0.1, 0.15) is 0 Å². The third-order valence-corrected chi connectivity index (χ3v) is 7.14. The molecule has 1 aromatic rings. The van der Waals surface area contributed by atoms with Crippen LogP contribution >= 0.6 is 0 Å². The molecule has 132 valence electrons. The van der Waals surface area contributed by atoms with Gasteiger partial charge >= 0.3 is 0 Å². The SMILES string of the molecule is C[C@@H]1CCC[C@@H](C)N1C(=O)c1ccc(S(=O)(=O)N2CCCC2)cc1. The zero-order valence-corrected chi connectivity index (χ0v) is 15.3. The van der Waals surface area contributed by atoms with Crippen molar-refractivity contribution in [1.29, 1.82) is 0 Å². The van der Waals surface area contributed by atoms with Crippen LogP contribution in [-0.4, -0.2) is 48.7 Å². The first-order chi connectivity index (χ1) is 11.4. The van der Waals surface area contributed by atoms with E-state index in [4.69, 9.17) is 0 Å². The van der Waals surface area contributed by atoms with E-state index >= 15 is 0 Å². The number of amides is 1. The number of carbonyl (C=O) groups is 1. The molecule has 1 amide bonds. The van der Waals surface area contributed by atoms with Crippen molar-refractivity contribution in [1.82, 2.24) is 9.21 Å². The van der Waals surface area contributed by atoms with Gasteiger partial charge in [-0.1, -0.05) is 0 Å². The van der Waals surface area contributed by atoms with Crippen molar-refractivity contribution in [3.8, 4) is 0 Å². The molecule has 0 bridgehead atoms. The zero-order chi connectivity index (χ0) is 17.3. The molecule has 5 nitrogen and oxygen atoms in total. The van der Waals surface area contributed by atoms with Gasteiger partial charge in [0.05, 0.1) is 4.90 Å². The highest BCUT2D eigenvalue weighted by atomic mass is 32.2. The largest absolute Gasteiger partial charge is 0.333 e. The number of carbonyl (C=O) groups excluding carboxylic acids is 1. The average Bonchev–Trinajstić information content (AvgIpc) is 3.10. The molecular weight excluding hydrogens is 324 g/mol. The Bertz CT molecular complexity index is 683. The number of benzene rings is 1. The first-order valence-corrected chi connectivity index (χ1v) is 10.3. The van der Waals surface area contributed by atoms with Gasteiger partial charge in [-0.2, -0.15) is 4.31 Å². The maximum atomic E-state index is 12.8. The second-order valence-electron chi connectivity index (χ2n) is 6.98. The molecule has 2 heterocycles. The molecule has 0 N–H and O–H groups in total. The highest BCUT2D eigenvalue weighted by molar-refractivity contribution is 7.89. The molecule has 1 aromatic carbocycles. The molecular formula is C18H26N2O3S. The van der Waals surface area contributed by atoms with Crippen molar-refractivity contribution in [2.45, 2.75) is 62.9 Å². The van der Waals surface area contributed by atoms with E-state index < -0.39 is 10.0 Å². The Kier molecular flexibility index (Phi) is 4.97. The van der Waals surface area contributed by atoms with Gasteiger partial charge in [-0.25, -0.2) is 8.42 Å². The van der Waals surface area contributed by atoms with Gasteiger partial charge in [0.25, 0.3) is 5.91 Å². The smallest absolute Gasteiger partial charge is 0.254 e. The van der Waals surface area contributed by atoms with Crippen LogP contribution in [0.3, 0.4) is 0 Å². The van der Waals surface area contributed by atoms with E-state index in [9.17, 15) is 13.2 Å². The van der Waals surface area contributed by atoms with Crippen LogP contribution < -0.4 is 0 Å². The van der Waals surface area contributed by atoms with Crippen LogP contribution in [-0.2, 0) is 10.0 Å². The second-order valence-corrected chi connectivity index (χ2v) is 8.91. The summed E-state index contributed by atoms with van der Waals surface area (Å²) in [6.45, 7) is 5.34. The lowest BCUT2D eigenvalue weighted by Crippen LogP contribution is -2.47. The predicted octanol–water partition coefficient (Wildman–Crippen LogP) is 2.87. The van der Waals surface area contributed by atoms with E-state index in [1.54, 1.807) is 24.3 Å². The van der Waals surface area contributed by atoms with Crippen molar-refractivity contribution in [2.75, 3.05) is 13.1 Å². The molecule has 0 saturated carbocycles. The predicted molar refractivity (Wildman–Crippen MR) is 93.4 cm³/mol. The van der Waals surface area contributed by atoms with Gasteiger partial charge in [0, 0.05) is 30.7 Å². The van der Waals surface area contributed by atoms with Crippen LogP contribution in [0.2, 0.25) is 0 Å². The topological polar surface area (TPSA) is 57.7 Å². The van der Waals surface area contributed by atoms with Gasteiger partial charge in [-0.15, -0.1) is 0 Å². The number of hydrogen-bond donors (Lipinski definition) is 0. The third-order valence-electron chi connectivity index (χ3n) is 5.23. The van der Waals surface area contributed by atoms with Gasteiger partial charge in [-0.05, 0) is 70.2 Å². The molecule has 3 rings (SSSR count). The van der Waals surface area contributed by atoms with E-state index in [1.165, 1.54) is 4.31 Å². The highest BCUT2D eigenvalue weighted by Crippen LogP contribution is 2.26. The number of piperidine rings is 1. The normalized spacial score (nSPS) is 25.8. The van der Waals surface area contributed by atoms with Crippen molar-refractivity contribution in [2.24, 2.45) is 0 Å². The summed E-state index contributed by atoms with van der Waals surface area (Å²) in [5.74, 6) is -0.000166. The lowest BCUT2D eigenvalue weighted by Gasteiger charge is -2.39. The average molecular weight is 350 g/mol. The summed E-state index contributed by atoms with van der Waals surface area (Å²) in [5, 5.41) is 0. The molecule has 0 aliphatic carbocycles. The lowest BCUT2D eigenvalue weighted by molar-refractivity contribution is 0.0510. The third kappa shape index (κ3) is 3.22. The maximum absolute atomic E-state index is 12.8. The lowest BCUT2D eigenvalue weighted by atomic mass is 9.96. The van der Waals surface area contributed by atoms with Gasteiger partial charge < -0.3 is 4.90 Å². The Morgan fingerprint density at radius 3 is 2.04 bits per heavy atom. The van der Waals surface area contributed by atoms with E-state index in [0.717, 1.165) is 32.1 Å². The molecule has 0 radical (unpaired) electrons. The van der Waals surface area contributed by atoms with E-state index in [1.807, 2.05) is 4.90 Å². The molecule has 2 fully saturated rings. The molecule has 2 atom stereocenters. The highest BCUT2D eigenvalue weighted by Gasteiger charge is 2.30. The van der Waals surface area contributed by atoms with E-state index in [0.29, 0.717) is 18.7 Å². The van der Waals surface area contributed by atoms with E-state index in [2.05, 4.69) is 13.8 Å². The minimum atomic E-state index is -3.42. The van der Waals surface area contributed by atoms with Gasteiger partial charge in [0.2, 0.25) is 10.0 Å². The molecule has 2 aliphatic rings. The number of hydrogen-bond acceptors (Lipinski definition) is 3. The van der Waals surface area contributed by atoms with Crippen LogP contribution in [0.15, 0.2) is 29.2 Å².